The lowest BCUT2D eigenvalue weighted by Gasteiger charge is -2.09. The van der Waals surface area contributed by atoms with Crippen molar-refractivity contribution in [2.45, 2.75) is 19.6 Å². The Morgan fingerprint density at radius 2 is 1.75 bits per heavy atom. The van der Waals surface area contributed by atoms with E-state index in [1.807, 2.05) is 31.2 Å². The Kier molecular flexibility index (Phi) is 5.58. The summed E-state index contributed by atoms with van der Waals surface area (Å²) in [6, 6.07) is 15.3. The van der Waals surface area contributed by atoms with E-state index in [1.54, 1.807) is 0 Å². The molecule has 0 saturated heterocycles. The van der Waals surface area contributed by atoms with Crippen molar-refractivity contribution in [1.82, 2.24) is 15.5 Å². The molecule has 2 aromatic carbocycles. The molecule has 0 bridgehead atoms. The number of hydrogen-bond acceptors (Lipinski definition) is 4. The molecule has 144 valence electrons. The van der Waals surface area contributed by atoms with Gasteiger partial charge in [0.15, 0.2) is 11.5 Å². The first-order valence-electron chi connectivity index (χ1n) is 8.43. The van der Waals surface area contributed by atoms with Gasteiger partial charge in [0.05, 0.1) is 5.56 Å². The van der Waals surface area contributed by atoms with Crippen LogP contribution in [0.15, 0.2) is 60.7 Å². The molecule has 1 heterocycles. The molecule has 2 N–H and O–H groups in total. The van der Waals surface area contributed by atoms with E-state index in [0.29, 0.717) is 18.1 Å². The maximum absolute atomic E-state index is 12.6. The van der Waals surface area contributed by atoms with Crippen LogP contribution in [0.2, 0.25) is 0 Å². The highest BCUT2D eigenvalue weighted by atomic mass is 19.4. The molecule has 0 aliphatic heterocycles. The van der Waals surface area contributed by atoms with Crippen molar-refractivity contribution in [3.63, 3.8) is 0 Å². The van der Waals surface area contributed by atoms with E-state index in [9.17, 15) is 18.0 Å². The third-order valence-corrected chi connectivity index (χ3v) is 3.92. The number of carbonyl (C=O) groups excluding carboxylic acids is 1. The number of alkyl halides is 3. The van der Waals surface area contributed by atoms with E-state index < -0.39 is 11.7 Å². The second-order valence-corrected chi connectivity index (χ2v) is 6.18. The predicted octanol–water partition coefficient (Wildman–Crippen LogP) is 4.48. The summed E-state index contributed by atoms with van der Waals surface area (Å²) in [6.07, 6.45) is -4.38. The molecule has 3 rings (SSSR count). The molecule has 8 heteroatoms. The second kappa shape index (κ2) is 8.08. The molecule has 1 aromatic heterocycles. The Morgan fingerprint density at radius 1 is 1.00 bits per heavy atom. The summed E-state index contributed by atoms with van der Waals surface area (Å²) in [5, 5.41) is 13.4. The molecule has 0 radical (unpaired) electrons. The fourth-order valence-electron chi connectivity index (χ4n) is 2.51. The first kappa shape index (κ1) is 19.3. The average molecular weight is 386 g/mol. The Morgan fingerprint density at radius 3 is 2.36 bits per heavy atom. The largest absolute Gasteiger partial charge is 0.416 e. The number of nitrogens with one attached hydrogen (secondary N) is 2. The number of anilines is 2. The molecule has 0 atom stereocenters. The number of hydrogen-bond donors (Lipinski definition) is 2. The third kappa shape index (κ3) is 5.06. The topological polar surface area (TPSA) is 66.9 Å². The van der Waals surface area contributed by atoms with Gasteiger partial charge in [0.2, 0.25) is 0 Å². The van der Waals surface area contributed by atoms with E-state index in [1.165, 1.54) is 24.3 Å². The van der Waals surface area contributed by atoms with Crippen molar-refractivity contribution >= 4 is 17.4 Å². The molecule has 0 spiro atoms. The maximum Gasteiger partial charge on any atom is 0.416 e. The van der Waals surface area contributed by atoms with Crippen molar-refractivity contribution in [2.75, 3.05) is 5.32 Å². The Balaban J connectivity index is 1.59. The van der Waals surface area contributed by atoms with Crippen LogP contribution in [0.5, 0.6) is 0 Å². The minimum absolute atomic E-state index is 0.144. The Bertz CT molecular complexity index is 954. The lowest BCUT2D eigenvalue weighted by atomic mass is 10.1. The SMILES string of the molecule is Cc1cccc(CNC(=O)c2ccc(Nc3ccc(C(F)(F)F)cc3)nn2)c1. The summed E-state index contributed by atoms with van der Waals surface area (Å²) >= 11 is 0. The van der Waals surface area contributed by atoms with Crippen molar-refractivity contribution in [3.8, 4) is 0 Å². The van der Waals surface area contributed by atoms with Crippen LogP contribution in [-0.2, 0) is 12.7 Å². The molecule has 0 aliphatic carbocycles. The fourth-order valence-corrected chi connectivity index (χ4v) is 2.51. The lowest BCUT2D eigenvalue weighted by Crippen LogP contribution is -2.24. The highest BCUT2D eigenvalue weighted by molar-refractivity contribution is 5.92. The normalized spacial score (nSPS) is 11.1. The summed E-state index contributed by atoms with van der Waals surface area (Å²) in [5.74, 6) is -0.0509. The van der Waals surface area contributed by atoms with Crippen molar-refractivity contribution in [1.29, 1.82) is 0 Å². The van der Waals surface area contributed by atoms with E-state index in [0.717, 1.165) is 23.3 Å². The van der Waals surface area contributed by atoms with Crippen molar-refractivity contribution < 1.29 is 18.0 Å². The number of benzene rings is 2. The average Bonchev–Trinajstić information content (AvgIpc) is 2.66. The molecule has 28 heavy (non-hydrogen) atoms. The lowest BCUT2D eigenvalue weighted by molar-refractivity contribution is -0.137. The van der Waals surface area contributed by atoms with Gasteiger partial charge in [-0.25, -0.2) is 0 Å². The molecule has 5 nitrogen and oxygen atoms in total. The highest BCUT2D eigenvalue weighted by Gasteiger charge is 2.29. The number of rotatable bonds is 5. The van der Waals surface area contributed by atoms with Crippen LogP contribution in [0, 0.1) is 6.92 Å². The van der Waals surface area contributed by atoms with Crippen LogP contribution < -0.4 is 10.6 Å². The van der Waals surface area contributed by atoms with Gasteiger partial charge in [-0.2, -0.15) is 13.2 Å². The summed E-state index contributed by atoms with van der Waals surface area (Å²) < 4.78 is 37.7. The number of amides is 1. The molecule has 3 aromatic rings. The molecule has 1 amide bonds. The Hall–Kier alpha value is -3.42. The van der Waals surface area contributed by atoms with Crippen LogP contribution in [0.1, 0.15) is 27.2 Å². The van der Waals surface area contributed by atoms with Crippen LogP contribution in [0.3, 0.4) is 0 Å². The minimum atomic E-state index is -4.38. The Labute approximate surface area is 159 Å². The van der Waals surface area contributed by atoms with Gasteiger partial charge in [-0.15, -0.1) is 10.2 Å². The fraction of sp³-hybridized carbons (Fsp3) is 0.150. The van der Waals surface area contributed by atoms with Gasteiger partial charge in [0.1, 0.15) is 0 Å². The highest BCUT2D eigenvalue weighted by Crippen LogP contribution is 2.30. The van der Waals surface area contributed by atoms with Gasteiger partial charge < -0.3 is 10.6 Å². The van der Waals surface area contributed by atoms with Crippen molar-refractivity contribution in [3.05, 3.63) is 83.0 Å². The monoisotopic (exact) mass is 386 g/mol. The maximum atomic E-state index is 12.6. The van der Waals surface area contributed by atoms with E-state index >= 15 is 0 Å². The van der Waals surface area contributed by atoms with Gasteiger partial charge in [0, 0.05) is 12.2 Å². The number of carbonyl (C=O) groups is 1. The molecule has 0 fully saturated rings. The molecular weight excluding hydrogens is 369 g/mol. The van der Waals surface area contributed by atoms with Gasteiger partial charge >= 0.3 is 6.18 Å². The predicted molar refractivity (Wildman–Crippen MR) is 99.1 cm³/mol. The smallest absolute Gasteiger partial charge is 0.347 e. The molecule has 0 unspecified atom stereocenters. The number of halogens is 3. The number of aryl methyl sites for hydroxylation is 1. The minimum Gasteiger partial charge on any atom is -0.347 e. The first-order chi connectivity index (χ1) is 13.3. The van der Waals surface area contributed by atoms with E-state index in [2.05, 4.69) is 20.8 Å². The summed E-state index contributed by atoms with van der Waals surface area (Å²) in [7, 11) is 0. The van der Waals surface area contributed by atoms with Crippen LogP contribution >= 0.6 is 0 Å². The van der Waals surface area contributed by atoms with Crippen LogP contribution in [0.25, 0.3) is 0 Å². The van der Waals surface area contributed by atoms with Gasteiger partial charge in [-0.3, -0.25) is 4.79 Å². The first-order valence-corrected chi connectivity index (χ1v) is 8.43. The zero-order valence-electron chi connectivity index (χ0n) is 14.9. The summed E-state index contributed by atoms with van der Waals surface area (Å²) in [6.45, 7) is 2.34. The van der Waals surface area contributed by atoms with E-state index in [4.69, 9.17) is 0 Å². The zero-order valence-corrected chi connectivity index (χ0v) is 14.9. The third-order valence-electron chi connectivity index (χ3n) is 3.92. The van der Waals surface area contributed by atoms with Crippen molar-refractivity contribution in [2.24, 2.45) is 0 Å². The van der Waals surface area contributed by atoms with Crippen LogP contribution in [0.4, 0.5) is 24.7 Å². The summed E-state index contributed by atoms with van der Waals surface area (Å²) in [4.78, 5) is 12.2. The number of nitrogens with zero attached hydrogens (tertiary/aromatic N) is 2. The zero-order chi connectivity index (χ0) is 20.1. The molecule has 0 aliphatic rings. The van der Waals surface area contributed by atoms with Gasteiger partial charge in [-0.1, -0.05) is 29.8 Å². The standard InChI is InChI=1S/C20H17F3N4O/c1-13-3-2-4-14(11-13)12-24-19(28)17-9-10-18(27-26-17)25-16-7-5-15(6-8-16)20(21,22)23/h2-11H,12H2,1H3,(H,24,28)(H,25,27). The molecular formula is C20H17F3N4O. The summed E-state index contributed by atoms with van der Waals surface area (Å²) in [5.41, 5.74) is 1.92. The van der Waals surface area contributed by atoms with Crippen LogP contribution in [-0.4, -0.2) is 16.1 Å². The number of aromatic nitrogens is 2. The second-order valence-electron chi connectivity index (χ2n) is 6.18. The quantitative estimate of drug-likeness (QED) is 0.679. The van der Waals surface area contributed by atoms with Gasteiger partial charge in [0.25, 0.3) is 5.91 Å². The molecule has 0 saturated carbocycles. The van der Waals surface area contributed by atoms with Gasteiger partial charge in [-0.05, 0) is 48.9 Å². The van der Waals surface area contributed by atoms with E-state index in [-0.39, 0.29) is 11.6 Å².